The van der Waals surface area contributed by atoms with Crippen molar-refractivity contribution in [1.82, 2.24) is 5.32 Å². The van der Waals surface area contributed by atoms with Gasteiger partial charge in [-0.1, -0.05) is 23.2 Å². The molecule has 1 fully saturated rings. The van der Waals surface area contributed by atoms with Crippen LogP contribution in [0.3, 0.4) is 0 Å². The molecule has 0 bridgehead atoms. The summed E-state index contributed by atoms with van der Waals surface area (Å²) in [5, 5.41) is 8.07. The molecule has 100 valence electrons. The van der Waals surface area contributed by atoms with Gasteiger partial charge in [-0.15, -0.1) is 0 Å². The van der Waals surface area contributed by atoms with Crippen LogP contribution in [0.1, 0.15) is 26.2 Å². The van der Waals surface area contributed by atoms with Crippen molar-refractivity contribution in [3.05, 3.63) is 26.7 Å². The molecule has 5 heteroatoms. The van der Waals surface area contributed by atoms with E-state index in [1.807, 2.05) is 12.1 Å². The van der Waals surface area contributed by atoms with E-state index in [0.29, 0.717) is 22.1 Å². The third kappa shape index (κ3) is 3.53. The van der Waals surface area contributed by atoms with Crippen molar-refractivity contribution in [3.8, 4) is 0 Å². The van der Waals surface area contributed by atoms with Gasteiger partial charge < -0.3 is 10.6 Å². The van der Waals surface area contributed by atoms with Crippen LogP contribution >= 0.6 is 39.1 Å². The van der Waals surface area contributed by atoms with Gasteiger partial charge in [0.1, 0.15) is 0 Å². The molecule has 2 atom stereocenters. The van der Waals surface area contributed by atoms with E-state index >= 15 is 0 Å². The Hall–Kier alpha value is 0.0400. The van der Waals surface area contributed by atoms with Crippen molar-refractivity contribution >= 4 is 44.8 Å². The summed E-state index contributed by atoms with van der Waals surface area (Å²) in [6, 6.07) is 4.86. The van der Waals surface area contributed by atoms with Gasteiger partial charge in [0.15, 0.2) is 0 Å². The van der Waals surface area contributed by atoms with Gasteiger partial charge in [0.25, 0.3) is 0 Å². The van der Waals surface area contributed by atoms with E-state index in [-0.39, 0.29) is 0 Å². The first-order valence-electron chi connectivity index (χ1n) is 6.21. The quantitative estimate of drug-likeness (QED) is 0.768. The fourth-order valence-electron chi connectivity index (χ4n) is 2.35. The molecule has 2 N–H and O–H groups in total. The molecule has 18 heavy (non-hydrogen) atoms. The lowest BCUT2D eigenvalue weighted by molar-refractivity contribution is 0.523. The molecule has 0 aromatic heterocycles. The highest BCUT2D eigenvalue weighted by molar-refractivity contribution is 9.10. The fourth-order valence-corrected chi connectivity index (χ4v) is 3.18. The summed E-state index contributed by atoms with van der Waals surface area (Å²) >= 11 is 15.7. The Bertz CT molecular complexity index is 420. The van der Waals surface area contributed by atoms with Crippen LogP contribution in [0.5, 0.6) is 0 Å². The lowest BCUT2D eigenvalue weighted by Crippen LogP contribution is -2.29. The molecule has 2 unspecified atom stereocenters. The molecule has 0 amide bonds. The molecule has 0 aliphatic carbocycles. The van der Waals surface area contributed by atoms with E-state index in [1.165, 1.54) is 12.8 Å². The van der Waals surface area contributed by atoms with E-state index in [4.69, 9.17) is 23.2 Å². The smallest absolute Gasteiger partial charge is 0.0835 e. The van der Waals surface area contributed by atoms with Gasteiger partial charge in [-0.3, -0.25) is 0 Å². The van der Waals surface area contributed by atoms with Gasteiger partial charge >= 0.3 is 0 Å². The standard InChI is InChI=1S/C13H17BrCl2N2/c1-8(7-9-3-2-6-17-9)18-11-5-4-10(14)12(15)13(11)16/h4-5,8-9,17-18H,2-3,6-7H2,1H3. The molecule has 1 aromatic carbocycles. The van der Waals surface area contributed by atoms with Crippen LogP contribution in [0.15, 0.2) is 16.6 Å². The lowest BCUT2D eigenvalue weighted by atomic mass is 10.1. The van der Waals surface area contributed by atoms with Crippen LogP contribution in [0.4, 0.5) is 5.69 Å². The average molecular weight is 352 g/mol. The minimum Gasteiger partial charge on any atom is -0.381 e. The Morgan fingerprint density at radius 2 is 2.22 bits per heavy atom. The van der Waals surface area contributed by atoms with Gasteiger partial charge in [0.2, 0.25) is 0 Å². The Balaban J connectivity index is 1.98. The van der Waals surface area contributed by atoms with Crippen molar-refractivity contribution in [3.63, 3.8) is 0 Å². The topological polar surface area (TPSA) is 24.1 Å². The van der Waals surface area contributed by atoms with Gasteiger partial charge in [0, 0.05) is 16.6 Å². The second-order valence-corrected chi connectivity index (χ2v) is 6.41. The van der Waals surface area contributed by atoms with Gasteiger partial charge in [-0.05, 0) is 60.8 Å². The second kappa shape index (κ2) is 6.47. The maximum Gasteiger partial charge on any atom is 0.0835 e. The van der Waals surface area contributed by atoms with E-state index in [1.54, 1.807) is 0 Å². The first kappa shape index (κ1) is 14.4. The van der Waals surface area contributed by atoms with Crippen LogP contribution in [0.25, 0.3) is 0 Å². The van der Waals surface area contributed by atoms with E-state index < -0.39 is 0 Å². The van der Waals surface area contributed by atoms with Crippen LogP contribution in [-0.2, 0) is 0 Å². The van der Waals surface area contributed by atoms with Crippen molar-refractivity contribution in [2.45, 2.75) is 38.3 Å². The van der Waals surface area contributed by atoms with Crippen molar-refractivity contribution in [1.29, 1.82) is 0 Å². The van der Waals surface area contributed by atoms with Crippen LogP contribution in [0, 0.1) is 0 Å². The highest BCUT2D eigenvalue weighted by Crippen LogP contribution is 2.36. The Labute approximate surface area is 127 Å². The zero-order valence-corrected chi connectivity index (χ0v) is 13.4. The predicted octanol–water partition coefficient (Wildman–Crippen LogP) is 4.70. The van der Waals surface area contributed by atoms with Gasteiger partial charge in [0.05, 0.1) is 15.7 Å². The van der Waals surface area contributed by atoms with Crippen molar-refractivity contribution < 1.29 is 0 Å². The van der Waals surface area contributed by atoms with Gasteiger partial charge in [-0.25, -0.2) is 0 Å². The predicted molar refractivity (Wildman–Crippen MR) is 82.9 cm³/mol. The number of halogens is 3. The maximum atomic E-state index is 6.22. The highest BCUT2D eigenvalue weighted by atomic mass is 79.9. The summed E-state index contributed by atoms with van der Waals surface area (Å²) in [4.78, 5) is 0. The van der Waals surface area contributed by atoms with E-state index in [0.717, 1.165) is 23.1 Å². The number of hydrogen-bond acceptors (Lipinski definition) is 2. The number of anilines is 1. The summed E-state index contributed by atoms with van der Waals surface area (Å²) < 4.78 is 0.824. The summed E-state index contributed by atoms with van der Waals surface area (Å²) in [5.74, 6) is 0. The molecule has 2 nitrogen and oxygen atoms in total. The SMILES string of the molecule is CC(CC1CCCN1)Nc1ccc(Br)c(Cl)c1Cl. The Kier molecular flexibility index (Phi) is 5.19. The highest BCUT2D eigenvalue weighted by Gasteiger charge is 2.18. The minimum atomic E-state index is 0.371. The van der Waals surface area contributed by atoms with E-state index in [9.17, 15) is 0 Å². The zero-order valence-electron chi connectivity index (χ0n) is 10.3. The second-order valence-electron chi connectivity index (χ2n) is 4.80. The first-order valence-corrected chi connectivity index (χ1v) is 7.76. The maximum absolute atomic E-state index is 6.22. The minimum absolute atomic E-state index is 0.371. The lowest BCUT2D eigenvalue weighted by Gasteiger charge is -2.20. The summed E-state index contributed by atoms with van der Waals surface area (Å²) in [6.07, 6.45) is 3.65. The zero-order chi connectivity index (χ0) is 13.1. The van der Waals surface area contributed by atoms with Crippen LogP contribution in [-0.4, -0.2) is 18.6 Å². The largest absolute Gasteiger partial charge is 0.381 e. The Morgan fingerprint density at radius 1 is 1.44 bits per heavy atom. The number of rotatable bonds is 4. The van der Waals surface area contributed by atoms with Crippen molar-refractivity contribution in [2.75, 3.05) is 11.9 Å². The van der Waals surface area contributed by atoms with Crippen LogP contribution in [0.2, 0.25) is 10.0 Å². The van der Waals surface area contributed by atoms with Crippen LogP contribution < -0.4 is 10.6 Å². The molecular formula is C13H17BrCl2N2. The molecule has 1 aliphatic rings. The first-order chi connectivity index (χ1) is 8.58. The molecular weight excluding hydrogens is 335 g/mol. The molecule has 0 saturated carbocycles. The summed E-state index contributed by atoms with van der Waals surface area (Å²) in [5.41, 5.74) is 0.898. The molecule has 0 spiro atoms. The summed E-state index contributed by atoms with van der Waals surface area (Å²) in [6.45, 7) is 3.31. The molecule has 1 heterocycles. The molecule has 0 radical (unpaired) electrons. The molecule has 1 aromatic rings. The van der Waals surface area contributed by atoms with Gasteiger partial charge in [-0.2, -0.15) is 0 Å². The number of benzene rings is 1. The molecule has 1 aliphatic heterocycles. The average Bonchev–Trinajstić information content (AvgIpc) is 2.83. The van der Waals surface area contributed by atoms with E-state index in [2.05, 4.69) is 33.5 Å². The normalized spacial score (nSPS) is 21.0. The fraction of sp³-hybridized carbons (Fsp3) is 0.538. The Morgan fingerprint density at radius 3 is 2.89 bits per heavy atom. The molecule has 1 saturated heterocycles. The van der Waals surface area contributed by atoms with Crippen molar-refractivity contribution in [2.24, 2.45) is 0 Å². The monoisotopic (exact) mass is 350 g/mol. The number of nitrogens with one attached hydrogen (secondary N) is 2. The number of hydrogen-bond donors (Lipinski definition) is 2. The third-order valence-corrected chi connectivity index (χ3v) is 5.01. The summed E-state index contributed by atoms with van der Waals surface area (Å²) in [7, 11) is 0. The molecule has 2 rings (SSSR count). The third-order valence-electron chi connectivity index (χ3n) is 3.24.